The smallest absolute Gasteiger partial charge is 0.303 e. The molecule has 1 N–H and O–H groups in total. The van der Waals surface area contributed by atoms with Gasteiger partial charge in [0.2, 0.25) is 0 Å². The number of hydrogen-bond donors (Lipinski definition) is 1. The molecular weight excluding hydrogens is 266 g/mol. The molecule has 1 fully saturated rings. The highest BCUT2D eigenvalue weighted by Gasteiger charge is 2.29. The molecule has 0 aliphatic carbocycles. The van der Waals surface area contributed by atoms with Gasteiger partial charge in [0, 0.05) is 18.5 Å². The Hall–Kier alpha value is -1.73. The van der Waals surface area contributed by atoms with Crippen molar-refractivity contribution in [3.8, 4) is 11.5 Å². The molecule has 0 amide bonds. The van der Waals surface area contributed by atoms with Gasteiger partial charge in [0.15, 0.2) is 5.82 Å². The number of carbonyl (C=O) groups is 1. The number of aliphatic carboxylic acids is 1. The summed E-state index contributed by atoms with van der Waals surface area (Å²) in [5.74, 6) is 0.707. The summed E-state index contributed by atoms with van der Waals surface area (Å²) in [6.45, 7) is 2.19. The van der Waals surface area contributed by atoms with Crippen LogP contribution in [0.2, 0.25) is 0 Å². The third-order valence-electron chi connectivity index (χ3n) is 3.10. The number of aromatic nitrogens is 2. The zero-order valence-electron chi connectivity index (χ0n) is 10.2. The van der Waals surface area contributed by atoms with E-state index in [9.17, 15) is 4.79 Å². The Bertz CT molecular complexity index is 561. The van der Waals surface area contributed by atoms with Crippen molar-refractivity contribution in [3.63, 3.8) is 0 Å². The largest absolute Gasteiger partial charge is 0.481 e. The van der Waals surface area contributed by atoms with E-state index in [1.54, 1.807) is 11.3 Å². The Morgan fingerprint density at radius 1 is 1.58 bits per heavy atom. The van der Waals surface area contributed by atoms with Gasteiger partial charge in [-0.1, -0.05) is 5.16 Å². The molecule has 7 heteroatoms. The highest BCUT2D eigenvalue weighted by Crippen LogP contribution is 2.23. The van der Waals surface area contributed by atoms with Crippen molar-refractivity contribution in [2.45, 2.75) is 13.0 Å². The molecule has 1 aliphatic heterocycles. The third-order valence-corrected chi connectivity index (χ3v) is 3.78. The van der Waals surface area contributed by atoms with Crippen LogP contribution in [0.1, 0.15) is 12.2 Å². The van der Waals surface area contributed by atoms with E-state index in [2.05, 4.69) is 15.0 Å². The zero-order valence-corrected chi connectivity index (χ0v) is 11.0. The fourth-order valence-electron chi connectivity index (χ4n) is 2.20. The number of likely N-dealkylation sites (tertiary alicyclic amines) is 1. The molecule has 3 rings (SSSR count). The van der Waals surface area contributed by atoms with Crippen LogP contribution in [0.3, 0.4) is 0 Å². The number of hydrogen-bond acceptors (Lipinski definition) is 6. The Morgan fingerprint density at radius 3 is 3.11 bits per heavy atom. The van der Waals surface area contributed by atoms with Crippen molar-refractivity contribution in [1.82, 2.24) is 15.0 Å². The van der Waals surface area contributed by atoms with Gasteiger partial charge in [-0.3, -0.25) is 9.69 Å². The maximum atomic E-state index is 10.5. The van der Waals surface area contributed by atoms with Crippen LogP contribution >= 0.6 is 11.3 Å². The summed E-state index contributed by atoms with van der Waals surface area (Å²) in [5, 5.41) is 16.5. The van der Waals surface area contributed by atoms with Crippen LogP contribution in [0.5, 0.6) is 0 Å². The van der Waals surface area contributed by atoms with Gasteiger partial charge in [-0.15, -0.1) is 0 Å². The predicted octanol–water partition coefficient (Wildman–Crippen LogP) is 1.70. The first-order valence-electron chi connectivity index (χ1n) is 6.00. The van der Waals surface area contributed by atoms with Crippen LogP contribution in [0.15, 0.2) is 21.3 Å². The van der Waals surface area contributed by atoms with E-state index in [1.807, 2.05) is 16.8 Å². The molecule has 100 valence electrons. The van der Waals surface area contributed by atoms with Crippen molar-refractivity contribution in [1.29, 1.82) is 0 Å². The standard InChI is InChI=1S/C12H13N3O3S/c16-11(17)3-8-4-15(5-8)6-10-13-12(18-14-10)9-1-2-19-7-9/h1-2,7-8H,3-6H2,(H,16,17). The minimum atomic E-state index is -0.732. The lowest BCUT2D eigenvalue weighted by Gasteiger charge is -2.37. The average Bonchev–Trinajstić information content (AvgIpc) is 2.95. The van der Waals surface area contributed by atoms with Gasteiger partial charge >= 0.3 is 5.97 Å². The predicted molar refractivity (Wildman–Crippen MR) is 68.6 cm³/mol. The van der Waals surface area contributed by atoms with Crippen molar-refractivity contribution < 1.29 is 14.4 Å². The maximum Gasteiger partial charge on any atom is 0.303 e. The first-order valence-corrected chi connectivity index (χ1v) is 6.94. The lowest BCUT2D eigenvalue weighted by Crippen LogP contribution is -2.46. The molecule has 2 aromatic rings. The minimum absolute atomic E-state index is 0.239. The third kappa shape index (κ3) is 2.82. The van der Waals surface area contributed by atoms with Gasteiger partial charge in [0.05, 0.1) is 18.5 Å². The van der Waals surface area contributed by atoms with Gasteiger partial charge in [0.1, 0.15) is 0 Å². The molecule has 0 spiro atoms. The van der Waals surface area contributed by atoms with E-state index < -0.39 is 5.97 Å². The van der Waals surface area contributed by atoms with Crippen LogP contribution in [-0.2, 0) is 11.3 Å². The summed E-state index contributed by atoms with van der Waals surface area (Å²) >= 11 is 1.59. The van der Waals surface area contributed by atoms with Crippen LogP contribution in [-0.4, -0.2) is 39.2 Å². The Labute approximate surface area is 113 Å². The molecule has 1 saturated heterocycles. The second kappa shape index (κ2) is 5.10. The van der Waals surface area contributed by atoms with Crippen LogP contribution in [0.25, 0.3) is 11.5 Å². The van der Waals surface area contributed by atoms with Crippen LogP contribution in [0, 0.1) is 5.92 Å². The summed E-state index contributed by atoms with van der Waals surface area (Å²) in [6.07, 6.45) is 0.239. The Balaban J connectivity index is 1.53. The molecule has 0 bridgehead atoms. The van der Waals surface area contributed by atoms with E-state index in [0.717, 1.165) is 18.7 Å². The number of carboxylic acid groups (broad SMARTS) is 1. The fraction of sp³-hybridized carbons (Fsp3) is 0.417. The normalized spacial score (nSPS) is 16.4. The maximum absolute atomic E-state index is 10.5. The molecule has 6 nitrogen and oxygen atoms in total. The molecule has 0 saturated carbocycles. The molecule has 19 heavy (non-hydrogen) atoms. The van der Waals surface area contributed by atoms with E-state index in [-0.39, 0.29) is 12.3 Å². The van der Waals surface area contributed by atoms with Gasteiger partial charge in [-0.05, 0) is 17.4 Å². The first-order chi connectivity index (χ1) is 9.20. The number of rotatable bonds is 5. The lowest BCUT2D eigenvalue weighted by molar-refractivity contribution is -0.139. The SMILES string of the molecule is O=C(O)CC1CN(Cc2noc(-c3ccsc3)n2)C1. The highest BCUT2D eigenvalue weighted by atomic mass is 32.1. The number of thiophene rings is 1. The molecule has 0 radical (unpaired) electrons. The lowest BCUT2D eigenvalue weighted by atomic mass is 9.96. The minimum Gasteiger partial charge on any atom is -0.481 e. The first kappa shape index (κ1) is 12.3. The second-order valence-electron chi connectivity index (χ2n) is 4.69. The van der Waals surface area contributed by atoms with Gasteiger partial charge < -0.3 is 9.63 Å². The van der Waals surface area contributed by atoms with E-state index in [1.165, 1.54) is 0 Å². The van der Waals surface area contributed by atoms with E-state index >= 15 is 0 Å². The summed E-state index contributed by atoms with van der Waals surface area (Å²) in [6, 6.07) is 1.94. The quantitative estimate of drug-likeness (QED) is 0.897. The topological polar surface area (TPSA) is 79.5 Å². The summed E-state index contributed by atoms with van der Waals surface area (Å²) in [7, 11) is 0. The summed E-state index contributed by atoms with van der Waals surface area (Å²) in [5.41, 5.74) is 0.941. The van der Waals surface area contributed by atoms with Crippen molar-refractivity contribution >= 4 is 17.3 Å². The number of nitrogens with zero attached hydrogens (tertiary/aromatic N) is 3. The molecule has 0 atom stereocenters. The van der Waals surface area contributed by atoms with Crippen molar-refractivity contribution in [2.75, 3.05) is 13.1 Å². The number of carboxylic acids is 1. The van der Waals surface area contributed by atoms with Gasteiger partial charge in [0.25, 0.3) is 5.89 Å². The molecule has 3 heterocycles. The molecule has 2 aromatic heterocycles. The van der Waals surface area contributed by atoms with Crippen LogP contribution in [0.4, 0.5) is 0 Å². The van der Waals surface area contributed by atoms with Crippen LogP contribution < -0.4 is 0 Å². The molecule has 0 aromatic carbocycles. The average molecular weight is 279 g/mol. The highest BCUT2D eigenvalue weighted by molar-refractivity contribution is 7.08. The molecular formula is C12H13N3O3S. The Kier molecular flexibility index (Phi) is 3.31. The zero-order chi connectivity index (χ0) is 13.2. The van der Waals surface area contributed by atoms with E-state index in [4.69, 9.17) is 9.63 Å². The fourth-order valence-corrected chi connectivity index (χ4v) is 2.83. The summed E-state index contributed by atoms with van der Waals surface area (Å²) in [4.78, 5) is 17.0. The monoisotopic (exact) mass is 279 g/mol. The van der Waals surface area contributed by atoms with Crippen molar-refractivity contribution in [2.24, 2.45) is 5.92 Å². The second-order valence-corrected chi connectivity index (χ2v) is 5.47. The molecule has 1 aliphatic rings. The van der Waals surface area contributed by atoms with Gasteiger partial charge in [-0.2, -0.15) is 16.3 Å². The Morgan fingerprint density at radius 2 is 2.42 bits per heavy atom. The van der Waals surface area contributed by atoms with Gasteiger partial charge in [-0.25, -0.2) is 0 Å². The van der Waals surface area contributed by atoms with Crippen molar-refractivity contribution in [3.05, 3.63) is 22.7 Å². The summed E-state index contributed by atoms with van der Waals surface area (Å²) < 4.78 is 5.19. The molecule has 0 unspecified atom stereocenters. The van der Waals surface area contributed by atoms with E-state index in [0.29, 0.717) is 18.3 Å².